The van der Waals surface area contributed by atoms with E-state index >= 15 is 0 Å². The number of halogens is 6. The lowest BCUT2D eigenvalue weighted by atomic mass is 9.79. The summed E-state index contributed by atoms with van der Waals surface area (Å²) in [5.74, 6) is -4.58. The van der Waals surface area contributed by atoms with Crippen LogP contribution in [0.5, 0.6) is 5.75 Å². The first-order valence-corrected chi connectivity index (χ1v) is 12.2. The van der Waals surface area contributed by atoms with Crippen LogP contribution in [0, 0.1) is 5.41 Å². The van der Waals surface area contributed by atoms with E-state index in [-0.39, 0.29) is 0 Å². The number of carboxylic acid groups (broad SMARTS) is 2. The highest BCUT2D eigenvalue weighted by atomic mass is 19.4. The van der Waals surface area contributed by atoms with E-state index in [0.29, 0.717) is 5.41 Å². The molecule has 1 spiro atoms. The second-order valence-corrected chi connectivity index (χ2v) is 9.55. The first-order valence-electron chi connectivity index (χ1n) is 12.2. The van der Waals surface area contributed by atoms with Crippen LogP contribution in [0.3, 0.4) is 0 Å². The Hall–Kier alpha value is -3.39. The number of piperidine rings is 1. The van der Waals surface area contributed by atoms with Crippen LogP contribution in [0.2, 0.25) is 0 Å². The number of methoxy groups -OCH3 is 1. The van der Waals surface area contributed by atoms with E-state index in [0.717, 1.165) is 18.8 Å². The summed E-state index contributed by atoms with van der Waals surface area (Å²) in [5.41, 5.74) is 3.04. The Balaban J connectivity index is 0.000000333. The van der Waals surface area contributed by atoms with Crippen molar-refractivity contribution >= 4 is 11.9 Å². The van der Waals surface area contributed by atoms with Gasteiger partial charge in [-0.3, -0.25) is 14.8 Å². The average Bonchev–Trinajstić information content (AvgIpc) is 3.25. The van der Waals surface area contributed by atoms with Crippen LogP contribution < -0.4 is 4.74 Å². The van der Waals surface area contributed by atoms with E-state index in [4.69, 9.17) is 24.5 Å². The molecule has 4 rings (SSSR count). The maximum atomic E-state index is 10.6. The average molecular weight is 580 g/mol. The number of likely N-dealkylation sites (tertiary alicyclic amines) is 2. The molecule has 0 amide bonds. The van der Waals surface area contributed by atoms with Crippen LogP contribution >= 0.6 is 0 Å². The number of rotatable bonds is 5. The minimum Gasteiger partial charge on any atom is -0.497 e. The molecule has 1 aromatic heterocycles. The number of hydrogen-bond acceptors (Lipinski definition) is 6. The zero-order valence-electron chi connectivity index (χ0n) is 21.7. The number of benzene rings is 1. The lowest BCUT2D eigenvalue weighted by Gasteiger charge is -2.40. The maximum absolute atomic E-state index is 10.6. The molecule has 2 aromatic rings. The van der Waals surface area contributed by atoms with Crippen molar-refractivity contribution < 1.29 is 50.9 Å². The molecule has 0 aliphatic carbocycles. The van der Waals surface area contributed by atoms with Crippen LogP contribution in [0.25, 0.3) is 0 Å². The highest BCUT2D eigenvalue weighted by Gasteiger charge is 2.41. The van der Waals surface area contributed by atoms with Gasteiger partial charge in [-0.05, 0) is 67.6 Å². The Morgan fingerprint density at radius 1 is 0.875 bits per heavy atom. The standard InChI is InChI=1S/C22H29N3O.2C2HF3O2/c1-26-21-8-6-19(7-9-21)15-25-14-11-22(18-25)10-4-13-24(17-22)16-20-5-2-3-12-23-20;2*3-2(4,5)1(6)7/h2-3,5-9,12H,4,10-11,13-18H2,1H3;2*(H,6,7). The number of alkyl halides is 6. The second kappa shape index (κ2) is 14.3. The summed E-state index contributed by atoms with van der Waals surface area (Å²) in [5, 5.41) is 14.2. The molecule has 1 unspecified atom stereocenters. The fraction of sp³-hybridized carbons (Fsp3) is 0.500. The Bertz CT molecular complexity index is 1060. The first kappa shape index (κ1) is 32.8. The molecule has 0 bridgehead atoms. The number of carboxylic acids is 2. The van der Waals surface area contributed by atoms with Gasteiger partial charge in [0, 0.05) is 32.4 Å². The summed E-state index contributed by atoms with van der Waals surface area (Å²) in [6, 6.07) is 14.7. The summed E-state index contributed by atoms with van der Waals surface area (Å²) in [6.07, 6.45) is -4.27. The van der Waals surface area contributed by atoms with E-state index < -0.39 is 24.3 Å². The molecule has 3 heterocycles. The van der Waals surface area contributed by atoms with Crippen molar-refractivity contribution in [3.8, 4) is 5.75 Å². The Morgan fingerprint density at radius 2 is 1.43 bits per heavy atom. The molecule has 2 aliphatic heterocycles. The van der Waals surface area contributed by atoms with Gasteiger partial charge in [0.2, 0.25) is 0 Å². The number of nitrogens with zero attached hydrogens (tertiary/aromatic N) is 3. The molecular weight excluding hydrogens is 548 g/mol. The molecule has 2 fully saturated rings. The molecule has 0 saturated carbocycles. The lowest BCUT2D eigenvalue weighted by molar-refractivity contribution is -0.193. The third-order valence-corrected chi connectivity index (χ3v) is 6.42. The molecule has 2 N–H and O–H groups in total. The Labute approximate surface area is 227 Å². The maximum Gasteiger partial charge on any atom is 0.490 e. The number of hydrogen-bond donors (Lipinski definition) is 2. The molecule has 1 atom stereocenters. The summed E-state index contributed by atoms with van der Waals surface area (Å²) in [6.45, 7) is 6.88. The van der Waals surface area contributed by atoms with Gasteiger partial charge in [-0.1, -0.05) is 18.2 Å². The second-order valence-electron chi connectivity index (χ2n) is 9.55. The molecule has 1 aromatic carbocycles. The minimum atomic E-state index is -5.08. The van der Waals surface area contributed by atoms with E-state index in [9.17, 15) is 26.3 Å². The third-order valence-electron chi connectivity index (χ3n) is 6.42. The van der Waals surface area contributed by atoms with Crippen molar-refractivity contribution in [3.05, 3.63) is 59.9 Å². The van der Waals surface area contributed by atoms with E-state index in [1.54, 1.807) is 7.11 Å². The van der Waals surface area contributed by atoms with Gasteiger partial charge in [-0.15, -0.1) is 0 Å². The first-order chi connectivity index (χ1) is 18.6. The molecule has 2 saturated heterocycles. The summed E-state index contributed by atoms with van der Waals surface area (Å²) in [4.78, 5) is 27.5. The molecule has 40 heavy (non-hydrogen) atoms. The summed E-state index contributed by atoms with van der Waals surface area (Å²) in [7, 11) is 1.72. The van der Waals surface area contributed by atoms with Crippen LogP contribution in [-0.4, -0.2) is 82.6 Å². The largest absolute Gasteiger partial charge is 0.497 e. The zero-order valence-corrected chi connectivity index (χ0v) is 21.7. The molecule has 0 radical (unpaired) electrons. The molecule has 222 valence electrons. The summed E-state index contributed by atoms with van der Waals surface area (Å²) < 4.78 is 68.7. The summed E-state index contributed by atoms with van der Waals surface area (Å²) >= 11 is 0. The number of ether oxygens (including phenoxy) is 1. The van der Waals surface area contributed by atoms with Crippen LogP contribution in [0.4, 0.5) is 26.3 Å². The van der Waals surface area contributed by atoms with Crippen molar-refractivity contribution in [2.75, 3.05) is 33.3 Å². The number of carbonyl (C=O) groups is 2. The van der Waals surface area contributed by atoms with Gasteiger partial charge in [0.15, 0.2) is 0 Å². The van der Waals surface area contributed by atoms with Gasteiger partial charge in [-0.2, -0.15) is 26.3 Å². The van der Waals surface area contributed by atoms with Gasteiger partial charge in [0.1, 0.15) is 5.75 Å². The number of pyridine rings is 1. The predicted octanol–water partition coefficient (Wildman–Crippen LogP) is 4.84. The normalized spacial score (nSPS) is 19.7. The van der Waals surface area contributed by atoms with Crippen molar-refractivity contribution in [3.63, 3.8) is 0 Å². The highest BCUT2D eigenvalue weighted by Crippen LogP contribution is 2.39. The van der Waals surface area contributed by atoms with Gasteiger partial charge >= 0.3 is 24.3 Å². The van der Waals surface area contributed by atoms with Crippen molar-refractivity contribution in [1.29, 1.82) is 0 Å². The predicted molar refractivity (Wildman–Crippen MR) is 131 cm³/mol. The SMILES string of the molecule is COc1ccc(CN2CCC3(CCCN(Cc4ccccn4)C3)C2)cc1.O=C(O)C(F)(F)F.O=C(O)C(F)(F)F. The lowest BCUT2D eigenvalue weighted by Crippen LogP contribution is -2.44. The van der Waals surface area contributed by atoms with Crippen LogP contribution in [0.1, 0.15) is 30.5 Å². The fourth-order valence-electron chi connectivity index (χ4n) is 4.65. The topological polar surface area (TPSA) is 103 Å². The van der Waals surface area contributed by atoms with E-state index in [1.165, 1.54) is 56.7 Å². The van der Waals surface area contributed by atoms with Crippen LogP contribution in [-0.2, 0) is 22.7 Å². The monoisotopic (exact) mass is 579 g/mol. The van der Waals surface area contributed by atoms with Gasteiger partial charge in [0.05, 0.1) is 12.8 Å². The minimum absolute atomic E-state index is 0.472. The zero-order chi connectivity index (χ0) is 30.0. The third kappa shape index (κ3) is 11.0. The molecule has 2 aliphatic rings. The van der Waals surface area contributed by atoms with Crippen molar-refractivity contribution in [1.82, 2.24) is 14.8 Å². The highest BCUT2D eigenvalue weighted by molar-refractivity contribution is 5.73. The fourth-order valence-corrected chi connectivity index (χ4v) is 4.65. The van der Waals surface area contributed by atoms with E-state index in [1.807, 2.05) is 12.3 Å². The van der Waals surface area contributed by atoms with E-state index in [2.05, 4.69) is 51.2 Å². The van der Waals surface area contributed by atoms with Crippen molar-refractivity contribution in [2.24, 2.45) is 5.41 Å². The van der Waals surface area contributed by atoms with Crippen molar-refractivity contribution in [2.45, 2.75) is 44.7 Å². The van der Waals surface area contributed by atoms with Gasteiger partial charge < -0.3 is 14.9 Å². The number of aliphatic carboxylic acids is 2. The molecular formula is C26H31F6N3O5. The Kier molecular flexibility index (Phi) is 11.7. The van der Waals surface area contributed by atoms with Gasteiger partial charge in [0.25, 0.3) is 0 Å². The Morgan fingerprint density at radius 3 is 1.90 bits per heavy atom. The quantitative estimate of drug-likeness (QED) is 0.485. The molecule has 14 heteroatoms. The molecule has 8 nitrogen and oxygen atoms in total. The van der Waals surface area contributed by atoms with Gasteiger partial charge in [-0.25, -0.2) is 9.59 Å². The smallest absolute Gasteiger partial charge is 0.490 e. The van der Waals surface area contributed by atoms with Crippen LogP contribution in [0.15, 0.2) is 48.7 Å². The number of aromatic nitrogens is 1.